The Morgan fingerprint density at radius 3 is 2.24 bits per heavy atom. The van der Waals surface area contributed by atoms with Gasteiger partial charge in [-0.25, -0.2) is 0 Å². The SMILES string of the molecule is O=C(CCNC1=CC(=O)c2ccccc2C1=O)Nc1ccc(N(C(=O)CCl)C(C(=O)NCCc2ccccc2)c2cccs2)cc1. The van der Waals surface area contributed by atoms with Gasteiger partial charge in [-0.15, -0.1) is 22.9 Å². The minimum absolute atomic E-state index is 0.0304. The van der Waals surface area contributed by atoms with Gasteiger partial charge in [0, 0.05) is 53.0 Å². The normalized spacial score (nSPS) is 12.8. The highest BCUT2D eigenvalue weighted by Crippen LogP contribution is 2.32. The van der Waals surface area contributed by atoms with Crippen LogP contribution in [0.5, 0.6) is 0 Å². The van der Waals surface area contributed by atoms with Gasteiger partial charge in [0.25, 0.3) is 0 Å². The van der Waals surface area contributed by atoms with Crippen molar-refractivity contribution in [2.75, 3.05) is 29.2 Å². The summed E-state index contributed by atoms with van der Waals surface area (Å²) in [6.45, 7) is 0.527. The molecular weight excluding hydrogens is 624 g/mol. The van der Waals surface area contributed by atoms with Crippen molar-refractivity contribution in [1.29, 1.82) is 0 Å². The van der Waals surface area contributed by atoms with Gasteiger partial charge in [-0.1, -0.05) is 60.7 Å². The van der Waals surface area contributed by atoms with Crippen molar-refractivity contribution in [2.45, 2.75) is 18.9 Å². The van der Waals surface area contributed by atoms with E-state index in [0.717, 1.165) is 5.56 Å². The van der Waals surface area contributed by atoms with E-state index in [1.54, 1.807) is 54.6 Å². The average molecular weight is 655 g/mol. The Morgan fingerprint density at radius 1 is 0.826 bits per heavy atom. The number of fused-ring (bicyclic) bond motifs is 1. The molecule has 5 rings (SSSR count). The molecule has 0 radical (unpaired) electrons. The van der Waals surface area contributed by atoms with Crippen molar-refractivity contribution in [2.24, 2.45) is 0 Å². The predicted molar refractivity (Wildman–Crippen MR) is 179 cm³/mol. The lowest BCUT2D eigenvalue weighted by molar-refractivity contribution is -0.125. The van der Waals surface area contributed by atoms with Gasteiger partial charge in [-0.3, -0.25) is 28.9 Å². The van der Waals surface area contributed by atoms with E-state index in [0.29, 0.717) is 40.3 Å². The summed E-state index contributed by atoms with van der Waals surface area (Å²) in [5.41, 5.74) is 2.83. The second-order valence-electron chi connectivity index (χ2n) is 10.4. The molecule has 0 fully saturated rings. The molecule has 46 heavy (non-hydrogen) atoms. The molecule has 0 aliphatic heterocycles. The van der Waals surface area contributed by atoms with Crippen LogP contribution in [0.4, 0.5) is 11.4 Å². The minimum atomic E-state index is -0.941. The Bertz CT molecular complexity index is 1760. The number of halogens is 1. The first-order valence-corrected chi connectivity index (χ1v) is 16.0. The number of benzene rings is 3. The lowest BCUT2D eigenvalue weighted by Crippen LogP contribution is -2.44. The van der Waals surface area contributed by atoms with E-state index in [2.05, 4.69) is 16.0 Å². The molecule has 1 heterocycles. The minimum Gasteiger partial charge on any atom is -0.381 e. The molecule has 4 aromatic rings. The van der Waals surface area contributed by atoms with E-state index in [1.165, 1.54) is 22.3 Å². The topological polar surface area (TPSA) is 125 Å². The zero-order valence-electron chi connectivity index (χ0n) is 24.7. The number of thiophene rings is 1. The van der Waals surface area contributed by atoms with E-state index in [9.17, 15) is 24.0 Å². The van der Waals surface area contributed by atoms with Crippen LogP contribution in [-0.4, -0.2) is 48.3 Å². The fourth-order valence-corrected chi connectivity index (χ4v) is 6.02. The van der Waals surface area contributed by atoms with Gasteiger partial charge in [-0.05, 0) is 47.7 Å². The highest BCUT2D eigenvalue weighted by atomic mass is 35.5. The third-order valence-corrected chi connectivity index (χ3v) is 8.47. The van der Waals surface area contributed by atoms with Crippen molar-refractivity contribution in [3.05, 3.63) is 130 Å². The number of allylic oxidation sites excluding steroid dienone is 2. The monoisotopic (exact) mass is 654 g/mol. The molecule has 0 saturated heterocycles. The van der Waals surface area contributed by atoms with E-state index < -0.39 is 11.9 Å². The second-order valence-corrected chi connectivity index (χ2v) is 11.7. The van der Waals surface area contributed by atoms with Crippen molar-refractivity contribution < 1.29 is 24.0 Å². The molecule has 1 unspecified atom stereocenters. The smallest absolute Gasteiger partial charge is 0.248 e. The average Bonchev–Trinajstić information content (AvgIpc) is 3.61. The van der Waals surface area contributed by atoms with Crippen LogP contribution in [0.2, 0.25) is 0 Å². The number of amides is 3. The maximum atomic E-state index is 13.5. The van der Waals surface area contributed by atoms with Gasteiger partial charge in [-0.2, -0.15) is 0 Å². The van der Waals surface area contributed by atoms with Crippen molar-refractivity contribution in [3.8, 4) is 0 Å². The Labute approximate surface area is 275 Å². The zero-order valence-corrected chi connectivity index (χ0v) is 26.3. The summed E-state index contributed by atoms with van der Waals surface area (Å²) in [5, 5.41) is 10.5. The third-order valence-electron chi connectivity index (χ3n) is 7.31. The van der Waals surface area contributed by atoms with Crippen LogP contribution < -0.4 is 20.9 Å². The van der Waals surface area contributed by atoms with Gasteiger partial charge in [0.2, 0.25) is 23.5 Å². The summed E-state index contributed by atoms with van der Waals surface area (Å²) in [5.74, 6) is -2.00. The first-order chi connectivity index (χ1) is 22.4. The molecule has 11 heteroatoms. The fourth-order valence-electron chi connectivity index (χ4n) is 5.08. The number of anilines is 2. The van der Waals surface area contributed by atoms with Crippen LogP contribution in [0.1, 0.15) is 43.6 Å². The van der Waals surface area contributed by atoms with E-state index in [4.69, 9.17) is 11.6 Å². The van der Waals surface area contributed by atoms with Gasteiger partial charge >= 0.3 is 0 Å². The van der Waals surface area contributed by atoms with E-state index in [1.807, 2.05) is 41.8 Å². The van der Waals surface area contributed by atoms with Gasteiger partial charge in [0.05, 0.1) is 5.70 Å². The third kappa shape index (κ3) is 7.77. The largest absolute Gasteiger partial charge is 0.381 e. The lowest BCUT2D eigenvalue weighted by atomic mass is 9.93. The number of nitrogens with one attached hydrogen (secondary N) is 3. The van der Waals surface area contributed by atoms with Crippen LogP contribution in [0.15, 0.2) is 108 Å². The Morgan fingerprint density at radius 2 is 1.54 bits per heavy atom. The number of nitrogens with zero attached hydrogens (tertiary/aromatic N) is 1. The predicted octanol–water partition coefficient (Wildman–Crippen LogP) is 5.30. The maximum absolute atomic E-state index is 13.5. The lowest BCUT2D eigenvalue weighted by Gasteiger charge is -2.30. The molecule has 1 aliphatic carbocycles. The van der Waals surface area contributed by atoms with Crippen LogP contribution in [0.25, 0.3) is 0 Å². The van der Waals surface area contributed by atoms with Crippen LogP contribution in [-0.2, 0) is 20.8 Å². The number of alkyl halides is 1. The zero-order chi connectivity index (χ0) is 32.5. The first-order valence-electron chi connectivity index (χ1n) is 14.6. The van der Waals surface area contributed by atoms with Gasteiger partial charge in [0.1, 0.15) is 11.9 Å². The molecule has 0 spiro atoms. The summed E-state index contributed by atoms with van der Waals surface area (Å²) in [6, 6.07) is 25.6. The van der Waals surface area contributed by atoms with Crippen LogP contribution in [0.3, 0.4) is 0 Å². The number of Topliss-reactive ketones (excluding diaryl/α,β-unsaturated/α-hetero) is 1. The van der Waals surface area contributed by atoms with Gasteiger partial charge < -0.3 is 16.0 Å². The number of carbonyl (C=O) groups is 5. The summed E-state index contributed by atoms with van der Waals surface area (Å²) in [7, 11) is 0. The molecule has 3 aromatic carbocycles. The molecule has 0 bridgehead atoms. The number of ketones is 2. The molecule has 9 nitrogen and oxygen atoms in total. The Kier molecular flexibility index (Phi) is 10.7. The number of hydrogen-bond donors (Lipinski definition) is 3. The van der Waals surface area contributed by atoms with Crippen molar-refractivity contribution in [1.82, 2.24) is 10.6 Å². The molecule has 1 aliphatic rings. The Hall–Kier alpha value is -5.06. The number of hydrogen-bond acceptors (Lipinski definition) is 7. The molecule has 3 N–H and O–H groups in total. The summed E-state index contributed by atoms with van der Waals surface area (Å²) in [6.07, 6.45) is 1.92. The van der Waals surface area contributed by atoms with Crippen molar-refractivity contribution >= 4 is 63.6 Å². The molecular formula is C35H31ClN4O5S. The number of rotatable bonds is 13. The molecule has 1 aromatic heterocycles. The first kappa shape index (κ1) is 32.3. The quantitative estimate of drug-likeness (QED) is 0.168. The summed E-state index contributed by atoms with van der Waals surface area (Å²) >= 11 is 7.37. The maximum Gasteiger partial charge on any atom is 0.248 e. The van der Waals surface area contributed by atoms with Crippen LogP contribution in [0, 0.1) is 0 Å². The highest BCUT2D eigenvalue weighted by molar-refractivity contribution is 7.10. The van der Waals surface area contributed by atoms with Crippen molar-refractivity contribution in [3.63, 3.8) is 0 Å². The summed E-state index contributed by atoms with van der Waals surface area (Å²) < 4.78 is 0. The molecule has 1 atom stereocenters. The summed E-state index contributed by atoms with van der Waals surface area (Å²) in [4.78, 5) is 66.5. The number of carbonyl (C=O) groups excluding carboxylic acids is 5. The van der Waals surface area contributed by atoms with Gasteiger partial charge in [0.15, 0.2) is 5.78 Å². The van der Waals surface area contributed by atoms with E-state index in [-0.39, 0.29) is 47.9 Å². The molecule has 234 valence electrons. The van der Waals surface area contributed by atoms with Crippen LogP contribution >= 0.6 is 22.9 Å². The second kappa shape index (κ2) is 15.3. The van der Waals surface area contributed by atoms with E-state index >= 15 is 0 Å². The highest BCUT2D eigenvalue weighted by Gasteiger charge is 2.33. The Balaban J connectivity index is 1.22. The molecule has 0 saturated carbocycles. The molecule has 3 amide bonds. The standard InChI is InChI=1S/C35H31ClN4O5S/c36-22-32(43)40(33(30-11-6-20-46-30)35(45)38-18-16-23-7-2-1-3-8-23)25-14-12-24(13-15-25)39-31(42)17-19-37-28-21-29(41)26-9-4-5-10-27(26)34(28)44/h1-15,20-21,33,37H,16-19,22H2,(H,38,45)(H,39,42). The fraction of sp³-hybridized carbons (Fsp3) is 0.171.